The van der Waals surface area contributed by atoms with E-state index in [0.717, 1.165) is 10.6 Å². The Labute approximate surface area is 136 Å². The highest BCUT2D eigenvalue weighted by Gasteiger charge is 2.12. The molecule has 0 amide bonds. The molecule has 0 radical (unpaired) electrons. The molecule has 9 nitrogen and oxygen atoms in total. The van der Waals surface area contributed by atoms with Gasteiger partial charge in [0.05, 0.1) is 13.7 Å². The standard InChI is InChI=1S/C13H15N7O2S/c1-3-22-10-6-8(4-5-9(10)21-2)12-16-19-20(18-12)7-11-15-17-13(14)23-11/h4-6H,3,7H2,1-2H3,(H2,14,17). The van der Waals surface area contributed by atoms with Gasteiger partial charge in [-0.25, -0.2) is 0 Å². The average Bonchev–Trinajstić information content (AvgIpc) is 3.17. The molecule has 3 rings (SSSR count). The number of nitrogen functional groups attached to an aromatic ring is 1. The Balaban J connectivity index is 1.83. The molecule has 0 aliphatic rings. The van der Waals surface area contributed by atoms with Crippen LogP contribution in [0.1, 0.15) is 11.9 Å². The number of rotatable bonds is 6. The topological polar surface area (TPSA) is 114 Å². The molecule has 0 unspecified atom stereocenters. The van der Waals surface area contributed by atoms with Crippen molar-refractivity contribution in [2.45, 2.75) is 13.5 Å². The molecule has 23 heavy (non-hydrogen) atoms. The smallest absolute Gasteiger partial charge is 0.205 e. The van der Waals surface area contributed by atoms with Gasteiger partial charge < -0.3 is 15.2 Å². The van der Waals surface area contributed by atoms with Crippen LogP contribution in [-0.2, 0) is 6.54 Å². The van der Waals surface area contributed by atoms with E-state index in [1.54, 1.807) is 7.11 Å². The van der Waals surface area contributed by atoms with Crippen molar-refractivity contribution in [1.82, 2.24) is 30.4 Å². The lowest BCUT2D eigenvalue weighted by molar-refractivity contribution is 0.311. The van der Waals surface area contributed by atoms with E-state index in [1.165, 1.54) is 16.1 Å². The predicted molar refractivity (Wildman–Crippen MR) is 84.4 cm³/mol. The molecule has 2 aromatic heterocycles. The highest BCUT2D eigenvalue weighted by molar-refractivity contribution is 7.15. The predicted octanol–water partition coefficient (Wildman–Crippen LogP) is 1.23. The van der Waals surface area contributed by atoms with Crippen LogP contribution in [0.3, 0.4) is 0 Å². The van der Waals surface area contributed by atoms with E-state index in [2.05, 4.69) is 25.6 Å². The zero-order chi connectivity index (χ0) is 16.2. The summed E-state index contributed by atoms with van der Waals surface area (Å²) < 4.78 is 10.8. The van der Waals surface area contributed by atoms with Gasteiger partial charge >= 0.3 is 0 Å². The molecular formula is C13H15N7O2S. The minimum absolute atomic E-state index is 0.371. The van der Waals surface area contributed by atoms with Crippen LogP contribution >= 0.6 is 11.3 Å². The molecule has 120 valence electrons. The summed E-state index contributed by atoms with van der Waals surface area (Å²) in [6, 6.07) is 5.49. The lowest BCUT2D eigenvalue weighted by atomic mass is 10.2. The lowest BCUT2D eigenvalue weighted by Gasteiger charge is -2.09. The average molecular weight is 333 g/mol. The monoisotopic (exact) mass is 333 g/mol. The highest BCUT2D eigenvalue weighted by atomic mass is 32.1. The summed E-state index contributed by atoms with van der Waals surface area (Å²) in [5.41, 5.74) is 6.34. The maximum atomic E-state index is 5.56. The fourth-order valence-corrected chi connectivity index (χ4v) is 2.55. The Kier molecular flexibility index (Phi) is 4.33. The van der Waals surface area contributed by atoms with Crippen LogP contribution in [0.4, 0.5) is 5.13 Å². The SMILES string of the molecule is CCOc1cc(-c2nnn(Cc3nnc(N)s3)n2)ccc1OC. The molecule has 0 atom stereocenters. The highest BCUT2D eigenvalue weighted by Crippen LogP contribution is 2.31. The minimum Gasteiger partial charge on any atom is -0.493 e. The van der Waals surface area contributed by atoms with Crippen molar-refractivity contribution in [1.29, 1.82) is 0 Å². The van der Waals surface area contributed by atoms with Crippen LogP contribution in [0.25, 0.3) is 11.4 Å². The van der Waals surface area contributed by atoms with Gasteiger partial charge in [-0.15, -0.1) is 20.4 Å². The van der Waals surface area contributed by atoms with E-state index in [0.29, 0.717) is 35.6 Å². The van der Waals surface area contributed by atoms with Crippen molar-refractivity contribution in [3.05, 3.63) is 23.2 Å². The summed E-state index contributed by atoms with van der Waals surface area (Å²) in [5.74, 6) is 1.79. The second-order valence-corrected chi connectivity index (χ2v) is 5.57. The van der Waals surface area contributed by atoms with E-state index in [-0.39, 0.29) is 0 Å². The first-order valence-corrected chi connectivity index (χ1v) is 7.68. The molecular weight excluding hydrogens is 318 g/mol. The summed E-state index contributed by atoms with van der Waals surface area (Å²) in [4.78, 5) is 1.44. The number of methoxy groups -OCH3 is 1. The van der Waals surface area contributed by atoms with Crippen LogP contribution in [-0.4, -0.2) is 44.1 Å². The number of nitrogens with zero attached hydrogens (tertiary/aromatic N) is 6. The van der Waals surface area contributed by atoms with Gasteiger partial charge in [0.25, 0.3) is 0 Å². The minimum atomic E-state index is 0.371. The molecule has 0 spiro atoms. The lowest BCUT2D eigenvalue weighted by Crippen LogP contribution is -2.03. The van der Waals surface area contributed by atoms with Crippen molar-refractivity contribution in [3.63, 3.8) is 0 Å². The molecule has 0 saturated carbocycles. The van der Waals surface area contributed by atoms with Crippen molar-refractivity contribution in [3.8, 4) is 22.9 Å². The van der Waals surface area contributed by atoms with Crippen molar-refractivity contribution in [2.75, 3.05) is 19.5 Å². The van der Waals surface area contributed by atoms with Crippen molar-refractivity contribution < 1.29 is 9.47 Å². The van der Waals surface area contributed by atoms with E-state index < -0.39 is 0 Å². The normalized spacial score (nSPS) is 10.7. The van der Waals surface area contributed by atoms with Gasteiger partial charge in [-0.1, -0.05) is 11.3 Å². The Hall–Kier alpha value is -2.75. The maximum Gasteiger partial charge on any atom is 0.205 e. The summed E-state index contributed by atoms with van der Waals surface area (Å²) in [5, 5.41) is 21.2. The number of benzene rings is 1. The zero-order valence-electron chi connectivity index (χ0n) is 12.6. The fraction of sp³-hybridized carbons (Fsp3) is 0.308. The van der Waals surface area contributed by atoms with Crippen LogP contribution in [0.5, 0.6) is 11.5 Å². The molecule has 2 heterocycles. The second-order valence-electron chi connectivity index (χ2n) is 4.48. The van der Waals surface area contributed by atoms with Crippen LogP contribution in [0.2, 0.25) is 0 Å². The number of anilines is 1. The molecule has 10 heteroatoms. The fourth-order valence-electron chi connectivity index (χ4n) is 1.96. The first-order chi connectivity index (χ1) is 11.2. The third-order valence-corrected chi connectivity index (χ3v) is 3.67. The van der Waals surface area contributed by atoms with E-state index in [4.69, 9.17) is 15.2 Å². The quantitative estimate of drug-likeness (QED) is 0.716. The molecule has 0 bridgehead atoms. The Morgan fingerprint density at radius 1 is 1.22 bits per heavy atom. The molecule has 3 aromatic rings. The molecule has 1 aromatic carbocycles. The third kappa shape index (κ3) is 3.37. The molecule has 2 N–H and O–H groups in total. The Morgan fingerprint density at radius 2 is 2.09 bits per heavy atom. The Bertz CT molecular complexity index is 801. The molecule has 0 aliphatic carbocycles. The second kappa shape index (κ2) is 6.57. The number of hydrogen-bond acceptors (Lipinski definition) is 9. The molecule has 0 saturated heterocycles. The summed E-state index contributed by atoms with van der Waals surface area (Å²) in [6.07, 6.45) is 0. The van der Waals surface area contributed by atoms with E-state index in [9.17, 15) is 0 Å². The van der Waals surface area contributed by atoms with Crippen LogP contribution < -0.4 is 15.2 Å². The first kappa shape index (κ1) is 15.2. The van der Waals surface area contributed by atoms with E-state index >= 15 is 0 Å². The molecule has 0 fully saturated rings. The first-order valence-electron chi connectivity index (χ1n) is 6.86. The van der Waals surface area contributed by atoms with Crippen LogP contribution in [0.15, 0.2) is 18.2 Å². The number of hydrogen-bond donors (Lipinski definition) is 1. The Morgan fingerprint density at radius 3 is 2.78 bits per heavy atom. The summed E-state index contributed by atoms with van der Waals surface area (Å²) in [7, 11) is 1.60. The van der Waals surface area contributed by atoms with Gasteiger partial charge in [0.1, 0.15) is 11.6 Å². The maximum absolute atomic E-state index is 5.56. The van der Waals surface area contributed by atoms with Gasteiger partial charge in [-0.3, -0.25) is 0 Å². The number of tetrazole rings is 1. The number of aromatic nitrogens is 6. The van der Waals surface area contributed by atoms with Crippen molar-refractivity contribution in [2.24, 2.45) is 0 Å². The third-order valence-electron chi connectivity index (χ3n) is 2.93. The van der Waals surface area contributed by atoms with Crippen molar-refractivity contribution >= 4 is 16.5 Å². The van der Waals surface area contributed by atoms with Gasteiger partial charge in [0.15, 0.2) is 11.5 Å². The van der Waals surface area contributed by atoms with Crippen LogP contribution in [0, 0.1) is 0 Å². The molecule has 0 aliphatic heterocycles. The summed E-state index contributed by atoms with van der Waals surface area (Å²) >= 11 is 1.29. The van der Waals surface area contributed by atoms with Gasteiger partial charge in [0, 0.05) is 5.56 Å². The largest absolute Gasteiger partial charge is 0.493 e. The van der Waals surface area contributed by atoms with Gasteiger partial charge in [-0.2, -0.15) is 4.80 Å². The zero-order valence-corrected chi connectivity index (χ0v) is 13.4. The number of ether oxygens (including phenoxy) is 2. The van der Waals surface area contributed by atoms with E-state index in [1.807, 2.05) is 25.1 Å². The van der Waals surface area contributed by atoms with Gasteiger partial charge in [0.2, 0.25) is 11.0 Å². The van der Waals surface area contributed by atoms with Gasteiger partial charge in [-0.05, 0) is 30.3 Å². The number of nitrogens with two attached hydrogens (primary N) is 1. The summed E-state index contributed by atoms with van der Waals surface area (Å²) in [6.45, 7) is 2.82.